The molecule has 0 aromatic heterocycles. The number of hydrogen-bond donors (Lipinski definition) is 2. The Bertz CT molecular complexity index is 1580. The van der Waals surface area contributed by atoms with Gasteiger partial charge in [-0.2, -0.15) is 10.5 Å². The van der Waals surface area contributed by atoms with Crippen molar-refractivity contribution in [3.63, 3.8) is 0 Å². The third-order valence-corrected chi connectivity index (χ3v) is 7.22. The SMILES string of the molecule is COc1ccc(S(=O)(=O)Nc2cccc(F)c2C#N)cc1S(=O)(=O)Nc1cccc(F)c1C#N. The Hall–Kier alpha value is -4.20. The van der Waals surface area contributed by atoms with E-state index in [1.807, 2.05) is 9.44 Å². The maximum absolute atomic E-state index is 13.9. The maximum atomic E-state index is 13.9. The number of ether oxygens (including phenoxy) is 1. The van der Waals surface area contributed by atoms with Crippen LogP contribution in [0.5, 0.6) is 5.75 Å². The van der Waals surface area contributed by atoms with Crippen molar-refractivity contribution >= 4 is 31.4 Å². The van der Waals surface area contributed by atoms with Crippen LogP contribution in [0, 0.1) is 34.3 Å². The first-order valence-corrected chi connectivity index (χ1v) is 12.1. The van der Waals surface area contributed by atoms with Crippen LogP contribution in [0.25, 0.3) is 0 Å². The number of methoxy groups -OCH3 is 1. The highest BCUT2D eigenvalue weighted by Gasteiger charge is 2.26. The Kier molecular flexibility index (Phi) is 6.72. The van der Waals surface area contributed by atoms with Crippen LogP contribution in [0.1, 0.15) is 11.1 Å². The molecule has 9 nitrogen and oxygen atoms in total. The summed E-state index contributed by atoms with van der Waals surface area (Å²) in [7, 11) is -7.92. The molecule has 0 aliphatic heterocycles. The highest BCUT2D eigenvalue weighted by molar-refractivity contribution is 7.93. The highest BCUT2D eigenvalue weighted by Crippen LogP contribution is 2.31. The first kappa shape index (κ1) is 24.4. The normalized spacial score (nSPS) is 11.2. The smallest absolute Gasteiger partial charge is 0.265 e. The van der Waals surface area contributed by atoms with E-state index >= 15 is 0 Å². The maximum Gasteiger partial charge on any atom is 0.265 e. The largest absolute Gasteiger partial charge is 0.495 e. The van der Waals surface area contributed by atoms with Crippen LogP contribution >= 0.6 is 0 Å². The monoisotopic (exact) mass is 504 g/mol. The number of hydrogen-bond acceptors (Lipinski definition) is 7. The lowest BCUT2D eigenvalue weighted by Gasteiger charge is -2.15. The molecule has 34 heavy (non-hydrogen) atoms. The molecule has 2 N–H and O–H groups in total. The lowest BCUT2D eigenvalue weighted by molar-refractivity contribution is 0.402. The Morgan fingerprint density at radius 1 is 0.794 bits per heavy atom. The number of nitrogens with one attached hydrogen (secondary N) is 2. The number of rotatable bonds is 7. The van der Waals surface area contributed by atoms with Gasteiger partial charge in [0.05, 0.1) is 23.4 Å². The first-order valence-electron chi connectivity index (χ1n) is 9.15. The van der Waals surface area contributed by atoms with Gasteiger partial charge in [-0.05, 0) is 42.5 Å². The van der Waals surface area contributed by atoms with Gasteiger partial charge >= 0.3 is 0 Å². The summed E-state index contributed by atoms with van der Waals surface area (Å²) in [6.45, 7) is 0. The Morgan fingerprint density at radius 2 is 1.29 bits per heavy atom. The number of benzene rings is 3. The average molecular weight is 504 g/mol. The summed E-state index contributed by atoms with van der Waals surface area (Å²) in [6, 6.07) is 12.6. The van der Waals surface area contributed by atoms with Gasteiger partial charge in [-0.1, -0.05) is 12.1 Å². The third-order valence-electron chi connectivity index (χ3n) is 4.47. The molecule has 0 unspecified atom stereocenters. The lowest BCUT2D eigenvalue weighted by Crippen LogP contribution is -2.18. The summed E-state index contributed by atoms with van der Waals surface area (Å²) in [4.78, 5) is -1.19. The fourth-order valence-electron chi connectivity index (χ4n) is 2.88. The number of nitrogens with zero attached hydrogens (tertiary/aromatic N) is 2. The van der Waals surface area contributed by atoms with Crippen LogP contribution in [-0.2, 0) is 20.0 Å². The molecule has 3 aromatic carbocycles. The zero-order chi connectivity index (χ0) is 25.1. The molecule has 0 bridgehead atoms. The zero-order valence-corrected chi connectivity index (χ0v) is 18.8. The third kappa shape index (κ3) is 4.76. The van der Waals surface area contributed by atoms with E-state index in [4.69, 9.17) is 15.3 Å². The topological polar surface area (TPSA) is 149 Å². The Morgan fingerprint density at radius 3 is 1.76 bits per heavy atom. The standard InChI is InChI=1S/C21H14F2N4O5S2/c1-32-20-9-8-13(33(28,29)26-18-6-2-4-16(22)14(18)11-24)10-21(20)34(30,31)27-19-7-3-5-17(23)15(19)12-25/h2-10,26-27H,1H3. The molecule has 0 atom stereocenters. The number of anilines is 2. The van der Waals surface area contributed by atoms with Crippen molar-refractivity contribution in [1.29, 1.82) is 10.5 Å². The fraction of sp³-hybridized carbons (Fsp3) is 0.0476. The molecule has 0 spiro atoms. The first-order chi connectivity index (χ1) is 16.0. The van der Waals surface area contributed by atoms with Crippen LogP contribution in [-0.4, -0.2) is 23.9 Å². The second-order valence-corrected chi connectivity index (χ2v) is 9.91. The van der Waals surface area contributed by atoms with Gasteiger partial charge in [0.25, 0.3) is 20.0 Å². The van der Waals surface area contributed by atoms with Gasteiger partial charge in [0.1, 0.15) is 45.5 Å². The van der Waals surface area contributed by atoms with E-state index in [1.165, 1.54) is 12.1 Å². The van der Waals surface area contributed by atoms with Crippen LogP contribution in [0.15, 0.2) is 64.4 Å². The summed E-state index contributed by atoms with van der Waals surface area (Å²) in [5, 5.41) is 18.2. The minimum Gasteiger partial charge on any atom is -0.495 e. The van der Waals surface area contributed by atoms with Crippen molar-refractivity contribution in [3.8, 4) is 17.9 Å². The molecule has 0 aliphatic carbocycles. The number of sulfonamides is 2. The van der Waals surface area contributed by atoms with Gasteiger partial charge in [-0.25, -0.2) is 25.6 Å². The van der Waals surface area contributed by atoms with E-state index in [1.54, 1.807) is 12.1 Å². The van der Waals surface area contributed by atoms with Crippen LogP contribution in [0.2, 0.25) is 0 Å². The fourth-order valence-corrected chi connectivity index (χ4v) is 5.32. The Balaban J connectivity index is 2.08. The number of nitriles is 2. The minimum atomic E-state index is -4.58. The van der Waals surface area contributed by atoms with Gasteiger partial charge in [-0.15, -0.1) is 0 Å². The second kappa shape index (κ2) is 9.35. The van der Waals surface area contributed by atoms with Crippen molar-refractivity contribution in [2.75, 3.05) is 16.6 Å². The molecular weight excluding hydrogens is 490 g/mol. The van der Waals surface area contributed by atoms with E-state index in [-0.39, 0.29) is 17.1 Å². The molecule has 0 amide bonds. The van der Waals surface area contributed by atoms with Gasteiger partial charge in [-0.3, -0.25) is 9.44 Å². The highest BCUT2D eigenvalue weighted by atomic mass is 32.2. The van der Waals surface area contributed by atoms with E-state index in [0.29, 0.717) is 0 Å². The molecule has 3 aromatic rings. The molecule has 13 heteroatoms. The van der Waals surface area contributed by atoms with Crippen molar-refractivity contribution in [3.05, 3.63) is 77.4 Å². The molecule has 0 saturated heterocycles. The lowest BCUT2D eigenvalue weighted by atomic mass is 10.2. The van der Waals surface area contributed by atoms with Crippen LogP contribution in [0.3, 0.4) is 0 Å². The van der Waals surface area contributed by atoms with E-state index in [9.17, 15) is 25.6 Å². The molecule has 3 rings (SSSR count). The van der Waals surface area contributed by atoms with Gasteiger partial charge in [0.2, 0.25) is 0 Å². The van der Waals surface area contributed by atoms with Gasteiger partial charge < -0.3 is 4.74 Å². The summed E-state index contributed by atoms with van der Waals surface area (Å²) in [5.74, 6) is -2.16. The summed E-state index contributed by atoms with van der Waals surface area (Å²) in [6.07, 6.45) is 0. The second-order valence-electron chi connectivity index (χ2n) is 6.57. The minimum absolute atomic E-state index is 0.246. The van der Waals surface area contributed by atoms with Crippen molar-refractivity contribution in [2.45, 2.75) is 9.79 Å². The molecule has 0 radical (unpaired) electrons. The number of halogens is 2. The quantitative estimate of drug-likeness (QED) is 0.501. The zero-order valence-electron chi connectivity index (χ0n) is 17.2. The molecular formula is C21H14F2N4O5S2. The predicted octanol–water partition coefficient (Wildman–Crippen LogP) is 3.32. The predicted molar refractivity (Wildman–Crippen MR) is 117 cm³/mol. The van der Waals surface area contributed by atoms with Crippen molar-refractivity contribution in [1.82, 2.24) is 0 Å². The molecule has 0 heterocycles. The van der Waals surface area contributed by atoms with Gasteiger partial charge in [0.15, 0.2) is 0 Å². The molecule has 0 aliphatic rings. The van der Waals surface area contributed by atoms with E-state index in [2.05, 4.69) is 0 Å². The average Bonchev–Trinajstić information content (AvgIpc) is 2.78. The molecule has 0 fully saturated rings. The summed E-state index contributed by atoms with van der Waals surface area (Å²) < 4.78 is 88.6. The van der Waals surface area contributed by atoms with Gasteiger partial charge in [0, 0.05) is 0 Å². The van der Waals surface area contributed by atoms with Crippen molar-refractivity contribution in [2.24, 2.45) is 0 Å². The summed E-state index contributed by atoms with van der Waals surface area (Å²) >= 11 is 0. The van der Waals surface area contributed by atoms with Crippen LogP contribution < -0.4 is 14.2 Å². The van der Waals surface area contributed by atoms with E-state index < -0.39 is 52.6 Å². The van der Waals surface area contributed by atoms with Crippen LogP contribution in [0.4, 0.5) is 20.2 Å². The van der Waals surface area contributed by atoms with Crippen molar-refractivity contribution < 1.29 is 30.4 Å². The summed E-state index contributed by atoms with van der Waals surface area (Å²) in [5.41, 5.74) is -1.83. The Labute approximate surface area is 193 Å². The molecule has 0 saturated carbocycles. The van der Waals surface area contributed by atoms with E-state index in [0.717, 1.165) is 49.6 Å². The molecule has 174 valence electrons.